The lowest BCUT2D eigenvalue weighted by Crippen LogP contribution is -1.94. The number of nitrogens with two attached hydrogens (primary N) is 1. The number of aliphatic hydroxyl groups excluding tert-OH is 1. The van der Waals surface area contributed by atoms with Crippen LogP contribution in [0.4, 0.5) is 0 Å². The maximum atomic E-state index is 10.6. The summed E-state index contributed by atoms with van der Waals surface area (Å²) in [5, 5.41) is 20.2. The highest BCUT2D eigenvalue weighted by atomic mass is 16.3. The van der Waals surface area contributed by atoms with Gasteiger partial charge in [0.15, 0.2) is 5.78 Å². The first-order valence-electron chi connectivity index (χ1n) is 18.5. The molecule has 0 atom stereocenters. The van der Waals surface area contributed by atoms with Crippen molar-refractivity contribution in [2.45, 2.75) is 95.9 Å². The second kappa shape index (κ2) is 50.9. The van der Waals surface area contributed by atoms with Gasteiger partial charge in [-0.2, -0.15) is 5.26 Å². The first kappa shape index (κ1) is 56.9. The molecule has 7 heteroatoms. The topological polar surface area (TPSA) is 136 Å². The standard InChI is InChI=1S/C8H8O.C7H7N3.C7H9N.C7H5N.C7H8O.5C2H6/c1-7(9)8-5-3-2-4-6-8;8-10-9-6-7-4-2-1-3-5-7;3*8-6-7-4-2-1-3-5-7;5*1-2/h2-6H,1H3;1-5H,6H2;1-5H,6,8H2;1-5H;1-5,8H,6H2;5*1-2H3. The molecule has 5 rings (SSSR count). The third-order valence-electron chi connectivity index (χ3n) is 5.35. The van der Waals surface area contributed by atoms with Crippen LogP contribution in [0.3, 0.4) is 0 Å². The highest BCUT2D eigenvalue weighted by Gasteiger charge is 1.93. The summed E-state index contributed by atoms with van der Waals surface area (Å²) in [7, 11) is 0. The van der Waals surface area contributed by atoms with Crippen LogP contribution in [-0.4, -0.2) is 10.9 Å². The molecule has 0 bridgehead atoms. The van der Waals surface area contributed by atoms with Crippen LogP contribution in [0.5, 0.6) is 0 Å². The highest BCUT2D eigenvalue weighted by molar-refractivity contribution is 5.93. The quantitative estimate of drug-likeness (QED) is 0.0807. The van der Waals surface area contributed by atoms with Crippen molar-refractivity contribution in [3.63, 3.8) is 0 Å². The van der Waals surface area contributed by atoms with Gasteiger partial charge in [0.2, 0.25) is 0 Å². The van der Waals surface area contributed by atoms with Gasteiger partial charge in [0.1, 0.15) is 0 Å². The maximum absolute atomic E-state index is 10.6. The zero-order chi connectivity index (χ0) is 41.4. The van der Waals surface area contributed by atoms with E-state index in [-0.39, 0.29) is 12.4 Å². The molecule has 0 unspecified atom stereocenters. The Morgan fingerprint density at radius 3 is 1.15 bits per heavy atom. The van der Waals surface area contributed by atoms with E-state index in [1.165, 1.54) is 5.56 Å². The number of hydrogen-bond acceptors (Lipinski definition) is 5. The van der Waals surface area contributed by atoms with Gasteiger partial charge >= 0.3 is 0 Å². The van der Waals surface area contributed by atoms with Crippen molar-refractivity contribution in [2.24, 2.45) is 10.8 Å². The maximum Gasteiger partial charge on any atom is 0.159 e. The summed E-state index contributed by atoms with van der Waals surface area (Å²) >= 11 is 0. The summed E-state index contributed by atoms with van der Waals surface area (Å²) in [5.74, 6) is 0.121. The number of rotatable bonds is 5. The van der Waals surface area contributed by atoms with E-state index in [0.29, 0.717) is 18.7 Å². The molecule has 0 aromatic heterocycles. The molecule has 0 heterocycles. The molecule has 53 heavy (non-hydrogen) atoms. The normalized spacial score (nSPS) is 7.62. The van der Waals surface area contributed by atoms with Crippen molar-refractivity contribution in [3.05, 3.63) is 190 Å². The van der Waals surface area contributed by atoms with Gasteiger partial charge in [0.05, 0.1) is 24.8 Å². The number of aliphatic hydroxyl groups is 1. The zero-order valence-electron chi connectivity index (χ0n) is 34.3. The Kier molecular flexibility index (Phi) is 54.6. The summed E-state index contributed by atoms with van der Waals surface area (Å²) in [6.45, 7) is 22.8. The minimum atomic E-state index is 0.121. The second-order valence-electron chi connectivity index (χ2n) is 8.61. The summed E-state index contributed by atoms with van der Waals surface area (Å²) in [6, 6.07) is 49.5. The van der Waals surface area contributed by atoms with E-state index in [1.54, 1.807) is 19.1 Å². The van der Waals surface area contributed by atoms with Crippen molar-refractivity contribution in [2.75, 3.05) is 0 Å². The van der Waals surface area contributed by atoms with Crippen molar-refractivity contribution in [3.8, 4) is 6.07 Å². The molecule has 3 N–H and O–H groups in total. The van der Waals surface area contributed by atoms with Crippen LogP contribution < -0.4 is 5.73 Å². The lowest BCUT2D eigenvalue weighted by atomic mass is 10.2. The molecule has 288 valence electrons. The average Bonchev–Trinajstić information content (AvgIpc) is 3.28. The Bertz CT molecular complexity index is 1430. The van der Waals surface area contributed by atoms with Crippen molar-refractivity contribution in [1.29, 1.82) is 5.26 Å². The van der Waals surface area contributed by atoms with Gasteiger partial charge in [-0.25, -0.2) is 0 Å². The molecule has 0 radical (unpaired) electrons. The molecule has 0 fully saturated rings. The minimum absolute atomic E-state index is 0.121. The fourth-order valence-corrected chi connectivity index (χ4v) is 3.08. The van der Waals surface area contributed by atoms with E-state index in [9.17, 15) is 4.79 Å². The third kappa shape index (κ3) is 39.1. The first-order valence-corrected chi connectivity index (χ1v) is 18.5. The molecule has 0 aliphatic heterocycles. The van der Waals surface area contributed by atoms with Gasteiger partial charge in [0, 0.05) is 17.0 Å². The van der Waals surface area contributed by atoms with Gasteiger partial charge in [0.25, 0.3) is 0 Å². The van der Waals surface area contributed by atoms with Crippen LogP contribution in [-0.2, 0) is 19.7 Å². The Morgan fingerprint density at radius 2 is 0.925 bits per heavy atom. The van der Waals surface area contributed by atoms with Crippen LogP contribution >= 0.6 is 0 Å². The number of azide groups is 1. The van der Waals surface area contributed by atoms with Crippen LogP contribution in [0.15, 0.2) is 157 Å². The van der Waals surface area contributed by atoms with E-state index in [4.69, 9.17) is 21.6 Å². The van der Waals surface area contributed by atoms with Crippen molar-refractivity contribution < 1.29 is 9.90 Å². The van der Waals surface area contributed by atoms with Gasteiger partial charge in [-0.1, -0.05) is 214 Å². The number of benzene rings is 5. The number of carbonyl (C=O) groups excluding carboxylic acids is 1. The predicted molar refractivity (Wildman–Crippen MR) is 230 cm³/mol. The monoisotopic (exact) mass is 722 g/mol. The molecule has 5 aromatic carbocycles. The molecular weight excluding hydrogens is 655 g/mol. The summed E-state index contributed by atoms with van der Waals surface area (Å²) < 4.78 is 0. The summed E-state index contributed by atoms with van der Waals surface area (Å²) in [5.41, 5.74) is 18.0. The van der Waals surface area contributed by atoms with E-state index in [0.717, 1.165) is 16.7 Å². The van der Waals surface area contributed by atoms with Gasteiger partial charge in [-0.3, -0.25) is 4.79 Å². The molecule has 0 amide bonds. The summed E-state index contributed by atoms with van der Waals surface area (Å²) in [4.78, 5) is 13.3. The van der Waals surface area contributed by atoms with E-state index >= 15 is 0 Å². The number of ketones is 1. The fourth-order valence-electron chi connectivity index (χ4n) is 3.08. The van der Waals surface area contributed by atoms with E-state index < -0.39 is 0 Å². The third-order valence-corrected chi connectivity index (χ3v) is 5.35. The first-order chi connectivity index (χ1) is 26.0. The molecule has 5 aromatic rings. The number of Topliss-reactive ketones (excluding diaryl/α,β-unsaturated/α-hetero) is 1. The van der Waals surface area contributed by atoms with E-state index in [2.05, 4.69) is 10.0 Å². The van der Waals surface area contributed by atoms with Gasteiger partial charge in [-0.05, 0) is 41.3 Å². The molecular formula is C46H67N5O2. The second-order valence-corrected chi connectivity index (χ2v) is 8.61. The van der Waals surface area contributed by atoms with Crippen LogP contribution in [0.2, 0.25) is 0 Å². The summed E-state index contributed by atoms with van der Waals surface area (Å²) in [6.07, 6.45) is 0. The Hall–Kier alpha value is -5.51. The molecule has 0 saturated carbocycles. The molecule has 0 saturated heterocycles. The highest BCUT2D eigenvalue weighted by Crippen LogP contribution is 2.00. The Balaban J connectivity index is -0.000000171. The number of carbonyl (C=O) groups is 1. The molecule has 0 spiro atoms. The molecule has 0 aliphatic carbocycles. The molecule has 0 aliphatic rings. The smallest absolute Gasteiger partial charge is 0.159 e. The average molecular weight is 722 g/mol. The van der Waals surface area contributed by atoms with Gasteiger partial charge in [-0.15, -0.1) is 0 Å². The number of nitrogens with zero attached hydrogens (tertiary/aromatic N) is 4. The van der Waals surface area contributed by atoms with Crippen molar-refractivity contribution >= 4 is 5.78 Å². The number of nitriles is 1. The predicted octanol–water partition coefficient (Wildman–Crippen LogP) is 13.4. The minimum Gasteiger partial charge on any atom is -0.392 e. The zero-order valence-corrected chi connectivity index (χ0v) is 34.3. The van der Waals surface area contributed by atoms with Crippen LogP contribution in [0.25, 0.3) is 10.4 Å². The number of hydrogen-bond donors (Lipinski definition) is 2. The Morgan fingerprint density at radius 1 is 0.604 bits per heavy atom. The fraction of sp³-hybridized carbons (Fsp3) is 0.304. The van der Waals surface area contributed by atoms with E-state index in [1.807, 2.05) is 215 Å². The van der Waals surface area contributed by atoms with Crippen molar-refractivity contribution in [1.82, 2.24) is 0 Å². The van der Waals surface area contributed by atoms with Crippen LogP contribution in [0.1, 0.15) is 109 Å². The lowest BCUT2D eigenvalue weighted by molar-refractivity contribution is 0.101. The SMILES string of the molecule is CC.CC.CC.CC.CC.CC(=O)c1ccccc1.N#Cc1ccccc1.NCc1ccccc1.OCc1ccccc1.[N-]=[N+]=NCc1ccccc1. The molecule has 7 nitrogen and oxygen atoms in total. The lowest BCUT2D eigenvalue weighted by Gasteiger charge is -1.90. The largest absolute Gasteiger partial charge is 0.392 e. The van der Waals surface area contributed by atoms with Crippen LogP contribution in [0, 0.1) is 11.3 Å². The Labute approximate surface area is 322 Å². The van der Waals surface area contributed by atoms with Gasteiger partial charge < -0.3 is 10.8 Å².